The molecule has 0 bridgehead atoms. The average Bonchev–Trinajstić information content (AvgIpc) is 2.30. The Bertz CT molecular complexity index is 399. The zero-order valence-electron chi connectivity index (χ0n) is 9.42. The first-order valence-electron chi connectivity index (χ1n) is 5.13. The molecule has 0 saturated carbocycles. The molecule has 1 rings (SSSR count). The van der Waals surface area contributed by atoms with E-state index in [1.807, 2.05) is 0 Å². The quantitative estimate of drug-likeness (QED) is 0.777. The van der Waals surface area contributed by atoms with Gasteiger partial charge in [0.25, 0.3) is 0 Å². The minimum Gasteiger partial charge on any atom is -0.493 e. The molecule has 0 amide bonds. The number of halogens is 1. The van der Waals surface area contributed by atoms with E-state index in [-0.39, 0.29) is 0 Å². The van der Waals surface area contributed by atoms with Gasteiger partial charge in [-0.3, -0.25) is 0 Å². The molecule has 0 spiro atoms. The Morgan fingerprint density at radius 1 is 1.44 bits per heavy atom. The molecule has 1 aromatic carbocycles. The van der Waals surface area contributed by atoms with Crippen molar-refractivity contribution in [3.63, 3.8) is 0 Å². The van der Waals surface area contributed by atoms with Gasteiger partial charge in [0.2, 0.25) is 0 Å². The van der Waals surface area contributed by atoms with Crippen LogP contribution in [0, 0.1) is 11.3 Å². The minimum atomic E-state index is 0.488. The summed E-state index contributed by atoms with van der Waals surface area (Å²) in [6.07, 6.45) is 2.02. The van der Waals surface area contributed by atoms with Crippen LogP contribution in [0.4, 0.5) is 0 Å². The van der Waals surface area contributed by atoms with Crippen molar-refractivity contribution in [1.29, 1.82) is 5.26 Å². The molecule has 16 heavy (non-hydrogen) atoms. The second-order valence-electron chi connectivity index (χ2n) is 3.30. The Hall–Kier alpha value is -1.21. The number of unbranched alkanes of at least 4 members (excludes halogenated alkanes) is 1. The van der Waals surface area contributed by atoms with Crippen molar-refractivity contribution in [3.8, 4) is 17.6 Å². The van der Waals surface area contributed by atoms with E-state index in [0.717, 1.165) is 17.3 Å². The molecule has 0 heterocycles. The van der Waals surface area contributed by atoms with Gasteiger partial charge in [-0.15, -0.1) is 0 Å². The minimum absolute atomic E-state index is 0.488. The second kappa shape index (κ2) is 6.39. The number of benzene rings is 1. The van der Waals surface area contributed by atoms with E-state index in [9.17, 15) is 0 Å². The first kappa shape index (κ1) is 12.9. The molecule has 4 heteroatoms. The highest BCUT2D eigenvalue weighted by Crippen LogP contribution is 2.34. The van der Waals surface area contributed by atoms with Crippen LogP contribution in [-0.2, 0) is 0 Å². The molecule has 0 saturated heterocycles. The van der Waals surface area contributed by atoms with Crippen LogP contribution in [0.1, 0.15) is 25.3 Å². The molecule has 1 aromatic rings. The van der Waals surface area contributed by atoms with Crippen molar-refractivity contribution in [2.24, 2.45) is 0 Å². The van der Waals surface area contributed by atoms with E-state index in [4.69, 9.17) is 14.7 Å². The third-order valence-electron chi connectivity index (χ3n) is 2.10. The maximum absolute atomic E-state index is 9.01. The van der Waals surface area contributed by atoms with Gasteiger partial charge in [0.1, 0.15) is 6.07 Å². The molecule has 86 valence electrons. The van der Waals surface area contributed by atoms with Crippen molar-refractivity contribution in [2.75, 3.05) is 13.7 Å². The Morgan fingerprint density at radius 3 is 2.75 bits per heavy atom. The first-order valence-corrected chi connectivity index (χ1v) is 5.92. The van der Waals surface area contributed by atoms with Gasteiger partial charge < -0.3 is 9.47 Å². The van der Waals surface area contributed by atoms with Gasteiger partial charge in [0, 0.05) is 4.47 Å². The molecule has 0 aliphatic carbocycles. The Morgan fingerprint density at radius 2 is 2.19 bits per heavy atom. The van der Waals surface area contributed by atoms with Crippen LogP contribution >= 0.6 is 15.9 Å². The molecular formula is C12H14BrNO2. The van der Waals surface area contributed by atoms with Gasteiger partial charge in [-0.2, -0.15) is 5.26 Å². The molecule has 0 fully saturated rings. The standard InChI is InChI=1S/C12H14BrNO2/c1-3-4-5-16-12-9(8-14)6-10(13)7-11(12)15-2/h6-7H,3-5H2,1-2H3. The van der Waals surface area contributed by atoms with Crippen molar-refractivity contribution < 1.29 is 9.47 Å². The first-order chi connectivity index (χ1) is 7.72. The molecule has 0 N–H and O–H groups in total. The summed E-state index contributed by atoms with van der Waals surface area (Å²) in [6.45, 7) is 2.69. The lowest BCUT2D eigenvalue weighted by Gasteiger charge is -2.12. The maximum atomic E-state index is 9.01. The smallest absolute Gasteiger partial charge is 0.178 e. The summed E-state index contributed by atoms with van der Waals surface area (Å²) in [5.41, 5.74) is 0.488. The van der Waals surface area contributed by atoms with Crippen LogP contribution < -0.4 is 9.47 Å². The van der Waals surface area contributed by atoms with Crippen LogP contribution in [0.5, 0.6) is 11.5 Å². The highest BCUT2D eigenvalue weighted by Gasteiger charge is 2.12. The van der Waals surface area contributed by atoms with Crippen molar-refractivity contribution in [2.45, 2.75) is 19.8 Å². The molecule has 0 aromatic heterocycles. The van der Waals surface area contributed by atoms with E-state index < -0.39 is 0 Å². The molecule has 3 nitrogen and oxygen atoms in total. The fourth-order valence-corrected chi connectivity index (χ4v) is 1.71. The number of ether oxygens (including phenoxy) is 2. The zero-order chi connectivity index (χ0) is 12.0. The predicted molar refractivity (Wildman–Crippen MR) is 65.8 cm³/mol. The Balaban J connectivity index is 2.99. The number of hydrogen-bond acceptors (Lipinski definition) is 3. The van der Waals surface area contributed by atoms with Gasteiger partial charge >= 0.3 is 0 Å². The monoisotopic (exact) mass is 283 g/mol. The summed E-state index contributed by atoms with van der Waals surface area (Å²) in [5, 5.41) is 9.01. The largest absolute Gasteiger partial charge is 0.493 e. The zero-order valence-corrected chi connectivity index (χ0v) is 11.0. The number of nitrogens with zero attached hydrogens (tertiary/aromatic N) is 1. The molecule has 0 aliphatic heterocycles. The topological polar surface area (TPSA) is 42.2 Å². The van der Waals surface area contributed by atoms with Gasteiger partial charge in [-0.1, -0.05) is 29.3 Å². The summed E-state index contributed by atoms with van der Waals surface area (Å²) in [5.74, 6) is 1.11. The molecular weight excluding hydrogens is 270 g/mol. The Kier molecular flexibility index (Phi) is 5.13. The van der Waals surface area contributed by atoms with Crippen LogP contribution in [0.2, 0.25) is 0 Å². The number of hydrogen-bond donors (Lipinski definition) is 0. The predicted octanol–water partition coefficient (Wildman–Crippen LogP) is 3.51. The normalized spacial score (nSPS) is 9.62. The van der Waals surface area contributed by atoms with Crippen LogP contribution in [0.15, 0.2) is 16.6 Å². The number of nitriles is 1. The van der Waals surface area contributed by atoms with Gasteiger partial charge in [-0.25, -0.2) is 0 Å². The molecule has 0 aliphatic rings. The summed E-state index contributed by atoms with van der Waals surface area (Å²) < 4.78 is 11.6. The summed E-state index contributed by atoms with van der Waals surface area (Å²) in [4.78, 5) is 0. The van der Waals surface area contributed by atoms with Gasteiger partial charge in [0.05, 0.1) is 19.3 Å². The lowest BCUT2D eigenvalue weighted by Crippen LogP contribution is -2.01. The van der Waals surface area contributed by atoms with E-state index in [0.29, 0.717) is 23.7 Å². The fraction of sp³-hybridized carbons (Fsp3) is 0.417. The maximum Gasteiger partial charge on any atom is 0.178 e. The van der Waals surface area contributed by atoms with E-state index >= 15 is 0 Å². The highest BCUT2D eigenvalue weighted by molar-refractivity contribution is 9.10. The summed E-state index contributed by atoms with van der Waals surface area (Å²) >= 11 is 3.32. The number of methoxy groups -OCH3 is 1. The molecule has 0 unspecified atom stereocenters. The average molecular weight is 284 g/mol. The lowest BCUT2D eigenvalue weighted by molar-refractivity contribution is 0.287. The van der Waals surface area contributed by atoms with Gasteiger partial charge in [-0.05, 0) is 18.6 Å². The summed E-state index contributed by atoms with van der Waals surface area (Å²) in [6, 6.07) is 5.62. The van der Waals surface area contributed by atoms with Gasteiger partial charge in [0.15, 0.2) is 11.5 Å². The van der Waals surface area contributed by atoms with Crippen LogP contribution in [0.3, 0.4) is 0 Å². The van der Waals surface area contributed by atoms with Crippen molar-refractivity contribution in [3.05, 3.63) is 22.2 Å². The van der Waals surface area contributed by atoms with E-state index in [1.165, 1.54) is 0 Å². The highest BCUT2D eigenvalue weighted by atomic mass is 79.9. The third-order valence-corrected chi connectivity index (χ3v) is 2.56. The van der Waals surface area contributed by atoms with Crippen molar-refractivity contribution in [1.82, 2.24) is 0 Å². The van der Waals surface area contributed by atoms with E-state index in [1.54, 1.807) is 19.2 Å². The third kappa shape index (κ3) is 3.14. The van der Waals surface area contributed by atoms with Crippen molar-refractivity contribution >= 4 is 15.9 Å². The van der Waals surface area contributed by atoms with E-state index in [2.05, 4.69) is 28.9 Å². The Labute approximate surface area is 104 Å². The number of rotatable bonds is 5. The second-order valence-corrected chi connectivity index (χ2v) is 4.21. The molecule has 0 radical (unpaired) electrons. The fourth-order valence-electron chi connectivity index (χ4n) is 1.27. The SMILES string of the molecule is CCCCOc1c(C#N)cc(Br)cc1OC. The van der Waals surface area contributed by atoms with Crippen LogP contribution in [0.25, 0.3) is 0 Å². The van der Waals surface area contributed by atoms with Crippen LogP contribution in [-0.4, -0.2) is 13.7 Å². The summed E-state index contributed by atoms with van der Waals surface area (Å²) in [7, 11) is 1.57. The molecule has 0 atom stereocenters. The lowest BCUT2D eigenvalue weighted by atomic mass is 10.2.